The number of anilines is 1. The quantitative estimate of drug-likeness (QED) is 0.665. The summed E-state index contributed by atoms with van der Waals surface area (Å²) in [4.78, 5) is 35.3. The first kappa shape index (κ1) is 17.4. The Bertz CT molecular complexity index is 868. The molecule has 0 aliphatic rings. The van der Waals surface area contributed by atoms with Crippen LogP contribution in [0.3, 0.4) is 0 Å². The van der Waals surface area contributed by atoms with Gasteiger partial charge >= 0.3 is 5.97 Å². The van der Waals surface area contributed by atoms with E-state index in [4.69, 9.17) is 5.11 Å². The van der Waals surface area contributed by atoms with Gasteiger partial charge in [0.05, 0.1) is 5.56 Å². The highest BCUT2D eigenvalue weighted by atomic mass is 19.1. The summed E-state index contributed by atoms with van der Waals surface area (Å²) < 4.78 is 14.7. The van der Waals surface area contributed by atoms with Gasteiger partial charge in [0.25, 0.3) is 11.7 Å². The summed E-state index contributed by atoms with van der Waals surface area (Å²) in [7, 11) is 1.53. The van der Waals surface area contributed by atoms with Crippen LogP contribution in [0.4, 0.5) is 10.1 Å². The second kappa shape index (κ2) is 6.27. The molecule has 0 atom stereocenters. The maximum atomic E-state index is 13.3. The topological polar surface area (TPSA) is 88.4 Å². The molecule has 6 nitrogen and oxygen atoms in total. The predicted molar refractivity (Wildman–Crippen MR) is 85.9 cm³/mol. The van der Waals surface area contributed by atoms with Crippen LogP contribution < -0.4 is 5.32 Å². The number of nitrogens with one attached hydrogen (secondary N) is 1. The number of nitrogens with zero attached hydrogens (tertiary/aromatic N) is 1. The molecule has 2 aromatic rings. The molecule has 1 heterocycles. The maximum Gasteiger partial charge on any atom is 0.378 e. The summed E-state index contributed by atoms with van der Waals surface area (Å²) in [5.74, 6) is -3.53. The molecular formula is C17H17FN2O4. The van der Waals surface area contributed by atoms with Gasteiger partial charge in [0, 0.05) is 18.4 Å². The number of carboxylic acids is 1. The van der Waals surface area contributed by atoms with E-state index >= 15 is 0 Å². The Morgan fingerprint density at radius 2 is 1.79 bits per heavy atom. The summed E-state index contributed by atoms with van der Waals surface area (Å²) in [5, 5.41) is 11.6. The molecule has 0 radical (unpaired) electrons. The Morgan fingerprint density at radius 3 is 2.33 bits per heavy atom. The number of benzene rings is 1. The van der Waals surface area contributed by atoms with E-state index in [1.165, 1.54) is 36.7 Å². The minimum atomic E-state index is -1.58. The Labute approximate surface area is 137 Å². The van der Waals surface area contributed by atoms with E-state index in [1.807, 2.05) is 0 Å². The van der Waals surface area contributed by atoms with E-state index in [2.05, 4.69) is 5.32 Å². The van der Waals surface area contributed by atoms with Crippen LogP contribution in [-0.4, -0.2) is 27.3 Å². The highest BCUT2D eigenvalue weighted by Gasteiger charge is 2.28. The molecule has 0 saturated heterocycles. The molecule has 7 heteroatoms. The monoisotopic (exact) mass is 332 g/mol. The van der Waals surface area contributed by atoms with Crippen LogP contribution >= 0.6 is 0 Å². The molecule has 1 aromatic heterocycles. The molecule has 1 amide bonds. The summed E-state index contributed by atoms with van der Waals surface area (Å²) in [5.41, 5.74) is 1.74. The Kier molecular flexibility index (Phi) is 4.54. The first-order valence-electron chi connectivity index (χ1n) is 7.16. The number of carbonyl (C=O) groups excluding carboxylic acids is 2. The van der Waals surface area contributed by atoms with Crippen molar-refractivity contribution in [2.75, 3.05) is 5.32 Å². The van der Waals surface area contributed by atoms with Gasteiger partial charge in [-0.25, -0.2) is 9.18 Å². The summed E-state index contributed by atoms with van der Waals surface area (Å²) in [6.07, 6.45) is 0. The molecule has 0 unspecified atom stereocenters. The van der Waals surface area contributed by atoms with Crippen molar-refractivity contribution in [3.8, 4) is 0 Å². The lowest BCUT2D eigenvalue weighted by atomic mass is 10.1. The number of hydrogen-bond donors (Lipinski definition) is 2. The largest absolute Gasteiger partial charge is 0.475 e. The molecule has 0 spiro atoms. The fourth-order valence-electron chi connectivity index (χ4n) is 2.65. The van der Waals surface area contributed by atoms with Gasteiger partial charge in [0.2, 0.25) is 0 Å². The Hall–Kier alpha value is -2.96. The lowest BCUT2D eigenvalue weighted by Gasteiger charge is -2.07. The molecule has 0 saturated carbocycles. The van der Waals surface area contributed by atoms with Crippen molar-refractivity contribution in [3.05, 3.63) is 52.1 Å². The third-order valence-corrected chi connectivity index (χ3v) is 3.98. The number of hydrogen-bond acceptors (Lipinski definition) is 3. The zero-order valence-corrected chi connectivity index (χ0v) is 13.7. The van der Waals surface area contributed by atoms with Crippen LogP contribution in [0.25, 0.3) is 0 Å². The lowest BCUT2D eigenvalue weighted by Crippen LogP contribution is -2.17. The van der Waals surface area contributed by atoms with Crippen molar-refractivity contribution in [3.63, 3.8) is 0 Å². The van der Waals surface area contributed by atoms with Crippen LogP contribution in [-0.2, 0) is 11.8 Å². The maximum absolute atomic E-state index is 13.3. The zero-order chi connectivity index (χ0) is 18.2. The number of aliphatic carboxylic acids is 1. The minimum absolute atomic E-state index is 0.0413. The van der Waals surface area contributed by atoms with Crippen molar-refractivity contribution in [1.82, 2.24) is 4.57 Å². The number of carbonyl (C=O) groups is 3. The Morgan fingerprint density at radius 1 is 1.17 bits per heavy atom. The highest BCUT2D eigenvalue weighted by molar-refractivity contribution is 6.40. The van der Waals surface area contributed by atoms with E-state index in [0.717, 1.165) is 0 Å². The van der Waals surface area contributed by atoms with Crippen molar-refractivity contribution >= 4 is 23.3 Å². The van der Waals surface area contributed by atoms with Crippen molar-refractivity contribution < 1.29 is 23.9 Å². The van der Waals surface area contributed by atoms with E-state index in [0.29, 0.717) is 22.5 Å². The molecule has 126 valence electrons. The smallest absolute Gasteiger partial charge is 0.378 e. The first-order chi connectivity index (χ1) is 11.1. The van der Waals surface area contributed by atoms with E-state index in [-0.39, 0.29) is 17.1 Å². The third kappa shape index (κ3) is 2.92. The number of rotatable bonds is 4. The molecule has 0 aliphatic heterocycles. The van der Waals surface area contributed by atoms with E-state index in [9.17, 15) is 18.8 Å². The molecule has 1 aromatic carbocycles. The van der Waals surface area contributed by atoms with E-state index < -0.39 is 17.7 Å². The first-order valence-corrected chi connectivity index (χ1v) is 7.16. The highest BCUT2D eigenvalue weighted by Crippen LogP contribution is 2.23. The summed E-state index contributed by atoms with van der Waals surface area (Å²) in [6, 6.07) is 4.16. The van der Waals surface area contributed by atoms with Gasteiger partial charge in [-0.1, -0.05) is 0 Å². The second-order valence-corrected chi connectivity index (χ2v) is 5.55. The van der Waals surface area contributed by atoms with Crippen molar-refractivity contribution in [2.45, 2.75) is 20.8 Å². The van der Waals surface area contributed by atoms with Crippen LogP contribution in [0.5, 0.6) is 0 Å². The number of Topliss-reactive ketones (excluding diaryl/α,β-unsaturated/α-hetero) is 1. The van der Waals surface area contributed by atoms with Gasteiger partial charge in [0.15, 0.2) is 0 Å². The predicted octanol–water partition coefficient (Wildman–Crippen LogP) is 2.61. The molecule has 2 N–H and O–H groups in total. The average molecular weight is 332 g/mol. The normalized spacial score (nSPS) is 10.5. The molecule has 0 bridgehead atoms. The van der Waals surface area contributed by atoms with Crippen molar-refractivity contribution in [2.24, 2.45) is 7.05 Å². The number of carboxylic acid groups (broad SMARTS) is 1. The standard InChI is InChI=1S/C17H17FN2O4/c1-8-7-11(5-6-12(8)18)19-16(22)13-9(2)14(15(21)17(23)24)20(4)10(13)3/h5-7H,1-4H3,(H,19,22)(H,23,24). The van der Waals surface area contributed by atoms with Crippen LogP contribution in [0, 0.1) is 26.6 Å². The van der Waals surface area contributed by atoms with Crippen LogP contribution in [0.15, 0.2) is 18.2 Å². The lowest BCUT2D eigenvalue weighted by molar-refractivity contribution is -0.131. The van der Waals surface area contributed by atoms with Gasteiger partial charge in [0.1, 0.15) is 11.5 Å². The number of halogens is 1. The third-order valence-electron chi connectivity index (χ3n) is 3.98. The van der Waals surface area contributed by atoms with Gasteiger partial charge in [-0.15, -0.1) is 0 Å². The summed E-state index contributed by atoms with van der Waals surface area (Å²) in [6.45, 7) is 4.72. The molecule has 2 rings (SSSR count). The zero-order valence-electron chi connectivity index (χ0n) is 13.7. The number of ketones is 1. The number of aromatic nitrogens is 1. The average Bonchev–Trinajstić information content (AvgIpc) is 2.72. The van der Waals surface area contributed by atoms with Crippen LogP contribution in [0.1, 0.15) is 37.7 Å². The van der Waals surface area contributed by atoms with Gasteiger partial charge < -0.3 is 15.0 Å². The second-order valence-electron chi connectivity index (χ2n) is 5.55. The van der Waals surface area contributed by atoms with Gasteiger partial charge in [-0.3, -0.25) is 9.59 Å². The van der Waals surface area contributed by atoms with E-state index in [1.54, 1.807) is 13.8 Å². The molecule has 0 aliphatic carbocycles. The minimum Gasteiger partial charge on any atom is -0.475 e. The Balaban J connectivity index is 2.43. The number of amides is 1. The fraction of sp³-hybridized carbons (Fsp3) is 0.235. The van der Waals surface area contributed by atoms with Gasteiger partial charge in [-0.2, -0.15) is 0 Å². The fourth-order valence-corrected chi connectivity index (χ4v) is 2.65. The molecule has 24 heavy (non-hydrogen) atoms. The number of aryl methyl sites for hydroxylation is 1. The molecular weight excluding hydrogens is 315 g/mol. The van der Waals surface area contributed by atoms with Crippen molar-refractivity contribution in [1.29, 1.82) is 0 Å². The molecule has 0 fully saturated rings. The van der Waals surface area contributed by atoms with Gasteiger partial charge in [-0.05, 0) is 50.1 Å². The summed E-state index contributed by atoms with van der Waals surface area (Å²) >= 11 is 0. The SMILES string of the molecule is Cc1cc(NC(=O)c2c(C)c(C(=O)C(=O)O)n(C)c2C)ccc1F. The van der Waals surface area contributed by atoms with Crippen LogP contribution in [0.2, 0.25) is 0 Å².